The summed E-state index contributed by atoms with van der Waals surface area (Å²) in [6.07, 6.45) is 2.05. The van der Waals surface area contributed by atoms with E-state index >= 15 is 0 Å². The fraction of sp³-hybridized carbons (Fsp3) is 0.458. The van der Waals surface area contributed by atoms with Crippen molar-refractivity contribution in [3.8, 4) is 0 Å². The maximum Gasteiger partial charge on any atom is 0.253 e. The van der Waals surface area contributed by atoms with E-state index in [-0.39, 0.29) is 17.3 Å². The van der Waals surface area contributed by atoms with Crippen molar-refractivity contribution in [2.45, 2.75) is 31.6 Å². The Morgan fingerprint density at radius 3 is 2.32 bits per heavy atom. The minimum atomic E-state index is -3.60. The zero-order valence-electron chi connectivity index (χ0n) is 18.7. The second-order valence-electron chi connectivity index (χ2n) is 8.45. The minimum Gasteiger partial charge on any atom is -0.337 e. The van der Waals surface area contributed by atoms with Crippen LogP contribution in [0.2, 0.25) is 0 Å². The summed E-state index contributed by atoms with van der Waals surface area (Å²) in [6.45, 7) is 7.06. The van der Waals surface area contributed by atoms with Gasteiger partial charge in [-0.2, -0.15) is 4.31 Å². The number of nitrogens with zero attached hydrogens (tertiary/aromatic N) is 2. The summed E-state index contributed by atoms with van der Waals surface area (Å²) in [4.78, 5) is 15.4. The number of piperidine rings is 1. The van der Waals surface area contributed by atoms with Crippen molar-refractivity contribution in [3.05, 3.63) is 65.2 Å². The molecule has 31 heavy (non-hydrogen) atoms. The average molecular weight is 444 g/mol. The van der Waals surface area contributed by atoms with E-state index in [9.17, 15) is 13.2 Å². The molecule has 6 nitrogen and oxygen atoms in total. The van der Waals surface area contributed by atoms with Gasteiger partial charge in [0.15, 0.2) is 0 Å². The molecule has 1 fully saturated rings. The van der Waals surface area contributed by atoms with E-state index in [1.807, 2.05) is 43.0 Å². The number of hydrogen-bond acceptors (Lipinski definition) is 4. The number of rotatable bonds is 8. The van der Waals surface area contributed by atoms with Crippen molar-refractivity contribution in [1.29, 1.82) is 0 Å². The number of nitrogens with one attached hydrogen (secondary N) is 1. The predicted molar refractivity (Wildman–Crippen MR) is 124 cm³/mol. The maximum absolute atomic E-state index is 13.3. The van der Waals surface area contributed by atoms with Gasteiger partial charge in [0, 0.05) is 32.2 Å². The van der Waals surface area contributed by atoms with Crippen molar-refractivity contribution < 1.29 is 13.2 Å². The third kappa shape index (κ3) is 6.15. The molecule has 2 aromatic carbocycles. The number of likely N-dealkylation sites (N-methyl/N-ethyl adjacent to an activating group) is 1. The fourth-order valence-electron chi connectivity index (χ4n) is 3.88. The molecule has 0 saturated carbocycles. The molecule has 0 bridgehead atoms. The van der Waals surface area contributed by atoms with Crippen molar-refractivity contribution in [2.24, 2.45) is 5.92 Å². The van der Waals surface area contributed by atoms with Crippen LogP contribution in [0.15, 0.2) is 53.4 Å². The Labute approximate surface area is 186 Å². The van der Waals surface area contributed by atoms with Crippen LogP contribution in [0.4, 0.5) is 0 Å². The number of hydrogen-bond donors (Lipinski definition) is 1. The van der Waals surface area contributed by atoms with Crippen LogP contribution in [0.5, 0.6) is 0 Å². The molecule has 1 saturated heterocycles. The Morgan fingerprint density at radius 2 is 1.68 bits per heavy atom. The Kier molecular flexibility index (Phi) is 7.86. The van der Waals surface area contributed by atoms with Gasteiger partial charge in [-0.05, 0) is 70.0 Å². The first-order valence-corrected chi connectivity index (χ1v) is 12.3. The summed E-state index contributed by atoms with van der Waals surface area (Å²) in [6, 6.07) is 14.4. The number of aryl methyl sites for hydroxylation is 2. The largest absolute Gasteiger partial charge is 0.337 e. The molecule has 1 aliphatic rings. The molecule has 0 spiro atoms. The van der Waals surface area contributed by atoms with Crippen LogP contribution < -0.4 is 5.32 Å². The number of amides is 1. The van der Waals surface area contributed by atoms with Gasteiger partial charge in [0.25, 0.3) is 5.91 Å². The summed E-state index contributed by atoms with van der Waals surface area (Å²) in [5.41, 5.74) is 2.70. The molecule has 1 aliphatic heterocycles. The van der Waals surface area contributed by atoms with Gasteiger partial charge in [-0.15, -0.1) is 0 Å². The topological polar surface area (TPSA) is 69.7 Å². The van der Waals surface area contributed by atoms with Crippen LogP contribution >= 0.6 is 0 Å². The molecule has 3 rings (SSSR count). The van der Waals surface area contributed by atoms with E-state index in [4.69, 9.17) is 0 Å². The molecule has 168 valence electrons. The number of carbonyl (C=O) groups is 1. The predicted octanol–water partition coefficient (Wildman–Crippen LogP) is 3.07. The van der Waals surface area contributed by atoms with Crippen molar-refractivity contribution in [3.63, 3.8) is 0 Å². The highest BCUT2D eigenvalue weighted by atomic mass is 32.2. The quantitative estimate of drug-likeness (QED) is 0.681. The van der Waals surface area contributed by atoms with Gasteiger partial charge < -0.3 is 10.2 Å². The van der Waals surface area contributed by atoms with E-state index in [1.165, 1.54) is 4.31 Å². The van der Waals surface area contributed by atoms with Crippen molar-refractivity contribution >= 4 is 15.9 Å². The second-order valence-corrected chi connectivity index (χ2v) is 10.5. The zero-order chi connectivity index (χ0) is 22.4. The van der Waals surface area contributed by atoms with E-state index in [0.29, 0.717) is 24.6 Å². The van der Waals surface area contributed by atoms with Gasteiger partial charge >= 0.3 is 0 Å². The van der Waals surface area contributed by atoms with Crippen LogP contribution in [0.25, 0.3) is 0 Å². The Bertz CT molecular complexity index is 983. The third-order valence-electron chi connectivity index (χ3n) is 5.90. The smallest absolute Gasteiger partial charge is 0.253 e. The molecular weight excluding hydrogens is 410 g/mol. The van der Waals surface area contributed by atoms with Gasteiger partial charge in [-0.25, -0.2) is 8.42 Å². The summed E-state index contributed by atoms with van der Waals surface area (Å²) >= 11 is 0. The normalized spacial score (nSPS) is 15.2. The van der Waals surface area contributed by atoms with Crippen LogP contribution in [-0.4, -0.2) is 63.3 Å². The first-order valence-electron chi connectivity index (χ1n) is 10.9. The van der Waals surface area contributed by atoms with Gasteiger partial charge in [0.05, 0.1) is 4.90 Å². The van der Waals surface area contributed by atoms with Crippen LogP contribution in [0.1, 0.15) is 34.3 Å². The van der Waals surface area contributed by atoms with E-state index in [0.717, 1.165) is 37.1 Å². The summed E-state index contributed by atoms with van der Waals surface area (Å²) in [5.74, 6) is 0.386. The molecule has 1 amide bonds. The molecule has 0 aliphatic carbocycles. The molecule has 7 heteroatoms. The molecule has 1 heterocycles. The van der Waals surface area contributed by atoms with E-state index < -0.39 is 10.0 Å². The Balaban J connectivity index is 1.74. The summed E-state index contributed by atoms with van der Waals surface area (Å²) in [7, 11) is -2.02. The lowest BCUT2D eigenvalue weighted by molar-refractivity contribution is 0.0710. The highest BCUT2D eigenvalue weighted by Crippen LogP contribution is 2.18. The number of benzene rings is 2. The number of sulfonamides is 1. The molecule has 0 radical (unpaired) electrons. The van der Waals surface area contributed by atoms with Crippen LogP contribution in [0.3, 0.4) is 0 Å². The molecule has 1 N–H and O–H groups in total. The lowest BCUT2D eigenvalue weighted by Gasteiger charge is -2.31. The minimum absolute atomic E-state index is 0.0385. The SMILES string of the molecule is Cc1ccc(S(=O)(=O)N(C)CCN(CC2CCNCC2)C(=O)c2cccc(C)c2)cc1. The first kappa shape index (κ1) is 23.4. The zero-order valence-corrected chi connectivity index (χ0v) is 19.5. The molecular formula is C24H33N3O3S. The first-order chi connectivity index (χ1) is 14.8. The Hall–Kier alpha value is -2.22. The summed E-state index contributed by atoms with van der Waals surface area (Å²) in [5, 5.41) is 3.36. The lowest BCUT2D eigenvalue weighted by Crippen LogP contribution is -2.43. The fourth-order valence-corrected chi connectivity index (χ4v) is 5.05. The maximum atomic E-state index is 13.3. The third-order valence-corrected chi connectivity index (χ3v) is 7.77. The van der Waals surface area contributed by atoms with Crippen molar-refractivity contribution in [2.75, 3.05) is 39.8 Å². The average Bonchev–Trinajstić information content (AvgIpc) is 2.77. The molecule has 0 unspecified atom stereocenters. The highest BCUT2D eigenvalue weighted by molar-refractivity contribution is 7.89. The molecule has 0 aromatic heterocycles. The number of carbonyl (C=O) groups excluding carboxylic acids is 1. The van der Waals surface area contributed by atoms with Gasteiger partial charge in [0.2, 0.25) is 10.0 Å². The van der Waals surface area contributed by atoms with Crippen LogP contribution in [-0.2, 0) is 10.0 Å². The van der Waals surface area contributed by atoms with Gasteiger partial charge in [-0.1, -0.05) is 35.4 Å². The van der Waals surface area contributed by atoms with Gasteiger partial charge in [0.1, 0.15) is 0 Å². The standard InChI is InChI=1S/C24H33N3O3S/c1-19-7-9-23(10-8-19)31(29,30)26(3)15-16-27(18-21-11-13-25-14-12-21)24(28)22-6-4-5-20(2)17-22/h4-10,17,21,25H,11-16,18H2,1-3H3. The highest BCUT2D eigenvalue weighted by Gasteiger charge is 2.25. The Morgan fingerprint density at radius 1 is 1.00 bits per heavy atom. The monoisotopic (exact) mass is 443 g/mol. The van der Waals surface area contributed by atoms with E-state index in [2.05, 4.69) is 5.32 Å². The molecule has 2 aromatic rings. The van der Waals surface area contributed by atoms with Gasteiger partial charge in [-0.3, -0.25) is 4.79 Å². The van der Waals surface area contributed by atoms with E-state index in [1.54, 1.807) is 31.3 Å². The molecule has 0 atom stereocenters. The van der Waals surface area contributed by atoms with Crippen molar-refractivity contribution in [1.82, 2.24) is 14.5 Å². The van der Waals surface area contributed by atoms with Crippen LogP contribution in [0, 0.1) is 19.8 Å². The lowest BCUT2D eigenvalue weighted by atomic mass is 9.97. The second kappa shape index (κ2) is 10.4. The summed E-state index contributed by atoms with van der Waals surface area (Å²) < 4.78 is 27.2.